The lowest BCUT2D eigenvalue weighted by Gasteiger charge is -2.42. The van der Waals surface area contributed by atoms with Gasteiger partial charge in [-0.05, 0) is 61.9 Å². The number of nitrogens with two attached hydrogens (primary N) is 1. The van der Waals surface area contributed by atoms with Gasteiger partial charge in [0.05, 0.1) is 11.5 Å². The van der Waals surface area contributed by atoms with Crippen LogP contribution in [0, 0.1) is 23.0 Å². The monoisotopic (exact) mass is 554 g/mol. The number of aromatic nitrogens is 1. The molecule has 40 heavy (non-hydrogen) atoms. The normalized spacial score (nSPS) is 18.4. The van der Waals surface area contributed by atoms with Crippen molar-refractivity contribution in [3.05, 3.63) is 88.8 Å². The van der Waals surface area contributed by atoms with E-state index >= 15 is 0 Å². The number of hydrogen-bond donors (Lipinski definition) is 3. The van der Waals surface area contributed by atoms with Crippen LogP contribution in [0.25, 0.3) is 0 Å². The molecule has 0 bridgehead atoms. The van der Waals surface area contributed by atoms with Gasteiger partial charge in [-0.15, -0.1) is 0 Å². The standard InChI is InChI=1S/C31H40F2N4O3/c1-4-9-37(10-5-2)29(39)24-11-21(3)16-31(17-24,30(34)40)27(14-23-12-25(32)15-26(33)13-23)28(38)20-36-19-22-7-6-8-35-18-22/h6-8,11-13,15-16,18,27-28,36,38H,4-5,9-10,14,17,19-20H2,1-3H3,(H2,34,40)/t27-,28+,31?/m1/s1. The summed E-state index contributed by atoms with van der Waals surface area (Å²) in [4.78, 5) is 32.8. The summed E-state index contributed by atoms with van der Waals surface area (Å²) >= 11 is 0. The van der Waals surface area contributed by atoms with E-state index in [1.165, 1.54) is 12.1 Å². The minimum atomic E-state index is -1.47. The molecule has 1 aliphatic carbocycles. The van der Waals surface area contributed by atoms with Gasteiger partial charge in [0, 0.05) is 56.1 Å². The third kappa shape index (κ3) is 7.82. The van der Waals surface area contributed by atoms with Crippen molar-refractivity contribution in [3.63, 3.8) is 0 Å². The maximum Gasteiger partial charge on any atom is 0.249 e. The van der Waals surface area contributed by atoms with Crippen LogP contribution in [0.5, 0.6) is 0 Å². The van der Waals surface area contributed by atoms with E-state index in [4.69, 9.17) is 5.73 Å². The van der Waals surface area contributed by atoms with E-state index in [2.05, 4.69) is 10.3 Å². The summed E-state index contributed by atoms with van der Waals surface area (Å²) < 4.78 is 28.3. The van der Waals surface area contributed by atoms with Gasteiger partial charge in [0.15, 0.2) is 0 Å². The van der Waals surface area contributed by atoms with E-state index in [1.807, 2.05) is 19.9 Å². The van der Waals surface area contributed by atoms with Crippen LogP contribution in [0.3, 0.4) is 0 Å². The number of primary amides is 1. The van der Waals surface area contributed by atoms with Crippen LogP contribution in [0.15, 0.2) is 66.0 Å². The van der Waals surface area contributed by atoms with Gasteiger partial charge in [-0.1, -0.05) is 37.6 Å². The maximum atomic E-state index is 14.1. The van der Waals surface area contributed by atoms with Gasteiger partial charge in [-0.2, -0.15) is 0 Å². The lowest BCUT2D eigenvalue weighted by Crippen LogP contribution is -2.51. The fraction of sp³-hybridized carbons (Fsp3) is 0.452. The number of rotatable bonds is 14. The quantitative estimate of drug-likeness (QED) is 0.326. The number of pyridine rings is 1. The van der Waals surface area contributed by atoms with Gasteiger partial charge >= 0.3 is 0 Å². The number of hydrogen-bond acceptors (Lipinski definition) is 5. The first-order chi connectivity index (χ1) is 19.1. The first-order valence-electron chi connectivity index (χ1n) is 13.8. The molecule has 0 saturated carbocycles. The van der Waals surface area contributed by atoms with Crippen LogP contribution in [0.4, 0.5) is 8.78 Å². The fourth-order valence-electron chi connectivity index (χ4n) is 5.57. The highest BCUT2D eigenvalue weighted by atomic mass is 19.1. The van der Waals surface area contributed by atoms with Crippen molar-refractivity contribution in [3.8, 4) is 0 Å². The van der Waals surface area contributed by atoms with Crippen LogP contribution in [-0.4, -0.2) is 52.5 Å². The molecule has 0 saturated heterocycles. The Morgan fingerprint density at radius 2 is 1.82 bits per heavy atom. The number of carbonyl (C=O) groups excluding carboxylic acids is 2. The molecule has 9 heteroatoms. The topological polar surface area (TPSA) is 109 Å². The number of benzene rings is 1. The smallest absolute Gasteiger partial charge is 0.249 e. The molecule has 1 aliphatic rings. The number of allylic oxidation sites excluding steroid dienone is 2. The van der Waals surface area contributed by atoms with Crippen molar-refractivity contribution in [1.29, 1.82) is 0 Å². The molecule has 1 aromatic heterocycles. The second-order valence-electron chi connectivity index (χ2n) is 10.6. The first-order valence-corrected chi connectivity index (χ1v) is 13.8. The summed E-state index contributed by atoms with van der Waals surface area (Å²) in [5.41, 5.74) is 6.87. The molecule has 0 fully saturated rings. The summed E-state index contributed by atoms with van der Waals surface area (Å²) in [7, 11) is 0. The third-order valence-electron chi connectivity index (χ3n) is 7.29. The van der Waals surface area contributed by atoms with E-state index in [9.17, 15) is 23.5 Å². The van der Waals surface area contributed by atoms with Crippen LogP contribution >= 0.6 is 0 Å². The molecule has 216 valence electrons. The average Bonchev–Trinajstić information content (AvgIpc) is 2.90. The minimum absolute atomic E-state index is 0.0232. The molecule has 3 atom stereocenters. The van der Waals surface area contributed by atoms with Crippen molar-refractivity contribution in [2.45, 2.75) is 59.1 Å². The number of nitrogens with one attached hydrogen (secondary N) is 1. The molecule has 2 aromatic rings. The Morgan fingerprint density at radius 1 is 1.15 bits per heavy atom. The summed E-state index contributed by atoms with van der Waals surface area (Å²) in [6.07, 6.45) is 7.18. The van der Waals surface area contributed by atoms with E-state index in [0.29, 0.717) is 30.8 Å². The van der Waals surface area contributed by atoms with Crippen molar-refractivity contribution < 1.29 is 23.5 Å². The molecule has 1 unspecified atom stereocenters. The zero-order valence-corrected chi connectivity index (χ0v) is 23.5. The first kappa shape index (κ1) is 31.1. The predicted molar refractivity (Wildman–Crippen MR) is 151 cm³/mol. The Hall–Kier alpha value is -3.43. The third-order valence-corrected chi connectivity index (χ3v) is 7.29. The predicted octanol–water partition coefficient (Wildman–Crippen LogP) is 4.07. The number of aliphatic hydroxyl groups excluding tert-OH is 1. The van der Waals surface area contributed by atoms with Crippen molar-refractivity contribution in [2.75, 3.05) is 19.6 Å². The van der Waals surface area contributed by atoms with Gasteiger partial charge in [-0.3, -0.25) is 14.6 Å². The van der Waals surface area contributed by atoms with E-state index in [0.717, 1.165) is 24.5 Å². The molecular weight excluding hydrogens is 514 g/mol. The molecule has 4 N–H and O–H groups in total. The van der Waals surface area contributed by atoms with E-state index in [-0.39, 0.29) is 30.9 Å². The van der Waals surface area contributed by atoms with Crippen molar-refractivity contribution in [2.24, 2.45) is 17.1 Å². The molecule has 7 nitrogen and oxygen atoms in total. The Morgan fingerprint density at radius 3 is 2.40 bits per heavy atom. The molecule has 0 spiro atoms. The molecule has 3 rings (SSSR count). The van der Waals surface area contributed by atoms with Crippen LogP contribution in [0.1, 0.15) is 51.2 Å². The van der Waals surface area contributed by atoms with Gasteiger partial charge in [0.25, 0.3) is 0 Å². The fourth-order valence-corrected chi connectivity index (χ4v) is 5.57. The van der Waals surface area contributed by atoms with Crippen LogP contribution in [0.2, 0.25) is 0 Å². The molecular formula is C31H40F2N4O3. The van der Waals surface area contributed by atoms with Crippen LogP contribution in [-0.2, 0) is 22.6 Å². The largest absolute Gasteiger partial charge is 0.391 e. The Balaban J connectivity index is 1.99. The number of aliphatic hydroxyl groups is 1. The number of nitrogens with zero attached hydrogens (tertiary/aromatic N) is 2. The van der Waals surface area contributed by atoms with Gasteiger partial charge in [0.2, 0.25) is 11.8 Å². The molecule has 1 aromatic carbocycles. The van der Waals surface area contributed by atoms with E-state index in [1.54, 1.807) is 42.4 Å². The van der Waals surface area contributed by atoms with Gasteiger partial charge in [-0.25, -0.2) is 8.78 Å². The lowest BCUT2D eigenvalue weighted by molar-refractivity contribution is -0.132. The zero-order chi connectivity index (χ0) is 29.3. The SMILES string of the molecule is CCCN(CCC)C(=O)C1=CC(C)=CC(C(N)=O)([C@H](Cc2cc(F)cc(F)c2)[C@@H](O)CNCc2cccnc2)C1. The Kier molecular flexibility index (Phi) is 11.1. The summed E-state index contributed by atoms with van der Waals surface area (Å²) in [6, 6.07) is 6.84. The molecule has 1 heterocycles. The number of halogens is 2. The number of carbonyl (C=O) groups is 2. The minimum Gasteiger partial charge on any atom is -0.391 e. The maximum absolute atomic E-state index is 14.1. The van der Waals surface area contributed by atoms with Crippen molar-refractivity contribution in [1.82, 2.24) is 15.2 Å². The molecule has 0 aliphatic heterocycles. The average molecular weight is 555 g/mol. The Bertz CT molecular complexity index is 1210. The molecule has 0 radical (unpaired) electrons. The highest BCUT2D eigenvalue weighted by molar-refractivity contribution is 5.96. The lowest BCUT2D eigenvalue weighted by atomic mass is 9.63. The van der Waals surface area contributed by atoms with Gasteiger partial charge < -0.3 is 21.1 Å². The summed E-state index contributed by atoms with van der Waals surface area (Å²) in [5.74, 6) is -3.29. The highest BCUT2D eigenvalue weighted by Gasteiger charge is 2.48. The highest BCUT2D eigenvalue weighted by Crippen LogP contribution is 2.44. The van der Waals surface area contributed by atoms with E-state index < -0.39 is 35.0 Å². The Labute approximate surface area is 235 Å². The van der Waals surface area contributed by atoms with Crippen molar-refractivity contribution >= 4 is 11.8 Å². The summed E-state index contributed by atoms with van der Waals surface area (Å²) in [5, 5.41) is 14.7. The second kappa shape index (κ2) is 14.3. The second-order valence-corrected chi connectivity index (χ2v) is 10.6. The van der Waals surface area contributed by atoms with Gasteiger partial charge in [0.1, 0.15) is 11.6 Å². The molecule has 2 amide bonds. The zero-order valence-electron chi connectivity index (χ0n) is 23.5. The van der Waals surface area contributed by atoms with Crippen LogP contribution < -0.4 is 11.1 Å². The summed E-state index contributed by atoms with van der Waals surface area (Å²) in [6.45, 7) is 7.40. The number of amides is 2.